The van der Waals surface area contributed by atoms with E-state index in [1.54, 1.807) is 20.8 Å². The summed E-state index contributed by atoms with van der Waals surface area (Å²) in [7, 11) is 0. The monoisotopic (exact) mass is 356 g/mol. The summed E-state index contributed by atoms with van der Waals surface area (Å²) in [5.41, 5.74) is -0.620. The number of rotatable bonds is 6. The summed E-state index contributed by atoms with van der Waals surface area (Å²) in [5.74, 6) is -1.02. The zero-order valence-corrected chi connectivity index (χ0v) is 15.9. The van der Waals surface area contributed by atoms with Crippen LogP contribution in [0.15, 0.2) is 0 Å². The Morgan fingerprint density at radius 1 is 1.12 bits per heavy atom. The Balaban J connectivity index is 2.46. The lowest BCUT2D eigenvalue weighted by Crippen LogP contribution is -2.51. The number of nitrogens with one attached hydrogen (secondary N) is 2. The molecule has 0 bridgehead atoms. The highest BCUT2D eigenvalue weighted by atomic mass is 16.6. The summed E-state index contributed by atoms with van der Waals surface area (Å²) in [5, 5.41) is 14.5. The van der Waals surface area contributed by atoms with Crippen molar-refractivity contribution in [2.24, 2.45) is 17.8 Å². The minimum absolute atomic E-state index is 0.0738. The summed E-state index contributed by atoms with van der Waals surface area (Å²) in [6, 6.07) is -0.662. The van der Waals surface area contributed by atoms with Crippen LogP contribution in [0.4, 0.5) is 4.79 Å². The predicted molar refractivity (Wildman–Crippen MR) is 94.1 cm³/mol. The lowest BCUT2D eigenvalue weighted by Gasteiger charge is -2.28. The van der Waals surface area contributed by atoms with Crippen LogP contribution in [-0.4, -0.2) is 41.3 Å². The number of hydrogen-bond donors (Lipinski definition) is 3. The quantitative estimate of drug-likeness (QED) is 0.678. The van der Waals surface area contributed by atoms with Gasteiger partial charge in [0.25, 0.3) is 0 Å². The van der Waals surface area contributed by atoms with Gasteiger partial charge >= 0.3 is 12.1 Å². The van der Waals surface area contributed by atoms with Gasteiger partial charge in [0.2, 0.25) is 5.91 Å². The molecule has 1 aliphatic carbocycles. The zero-order chi connectivity index (χ0) is 19.2. The van der Waals surface area contributed by atoms with Crippen molar-refractivity contribution in [3.05, 3.63) is 0 Å². The van der Waals surface area contributed by atoms with E-state index in [0.717, 1.165) is 12.8 Å². The van der Waals surface area contributed by atoms with Gasteiger partial charge in [-0.05, 0) is 58.3 Å². The topological polar surface area (TPSA) is 105 Å². The molecule has 1 atom stereocenters. The number of carbonyl (C=O) groups is 3. The third kappa shape index (κ3) is 7.75. The fraction of sp³-hybridized carbons (Fsp3) is 0.833. The zero-order valence-electron chi connectivity index (χ0n) is 15.9. The first-order chi connectivity index (χ1) is 11.5. The number of alkyl carbamates (subject to hydrolysis) is 1. The molecule has 0 radical (unpaired) electrons. The molecule has 1 fully saturated rings. The Labute approximate surface area is 149 Å². The number of carboxylic acids is 1. The number of carbonyl (C=O) groups excluding carboxylic acids is 2. The second kappa shape index (κ2) is 9.06. The van der Waals surface area contributed by atoms with Gasteiger partial charge in [0, 0.05) is 6.54 Å². The van der Waals surface area contributed by atoms with Crippen LogP contribution in [0.3, 0.4) is 0 Å². The predicted octanol–water partition coefficient (Wildman–Crippen LogP) is 2.54. The molecule has 0 aromatic rings. The molecular weight excluding hydrogens is 324 g/mol. The summed E-state index contributed by atoms with van der Waals surface area (Å²) in [4.78, 5) is 35.3. The largest absolute Gasteiger partial charge is 0.481 e. The molecule has 3 N–H and O–H groups in total. The molecule has 1 rings (SSSR count). The Morgan fingerprint density at radius 2 is 1.68 bits per heavy atom. The van der Waals surface area contributed by atoms with Gasteiger partial charge in [-0.3, -0.25) is 9.59 Å². The van der Waals surface area contributed by atoms with Crippen LogP contribution < -0.4 is 10.6 Å². The molecule has 0 heterocycles. The number of ether oxygens (including phenoxy) is 1. The van der Waals surface area contributed by atoms with E-state index in [0.29, 0.717) is 19.4 Å². The highest BCUT2D eigenvalue weighted by Gasteiger charge is 2.29. The van der Waals surface area contributed by atoms with Gasteiger partial charge in [-0.15, -0.1) is 0 Å². The molecule has 1 aliphatic rings. The molecule has 0 spiro atoms. The summed E-state index contributed by atoms with van der Waals surface area (Å²) in [6.45, 7) is 9.53. The van der Waals surface area contributed by atoms with Crippen molar-refractivity contribution in [3.8, 4) is 0 Å². The van der Waals surface area contributed by atoms with E-state index < -0.39 is 23.7 Å². The highest BCUT2D eigenvalue weighted by Crippen LogP contribution is 2.28. The fourth-order valence-corrected chi connectivity index (χ4v) is 2.94. The normalized spacial score (nSPS) is 22.2. The third-order valence-electron chi connectivity index (χ3n) is 4.38. The third-order valence-corrected chi connectivity index (χ3v) is 4.38. The molecule has 7 nitrogen and oxygen atoms in total. The van der Waals surface area contributed by atoms with Crippen LogP contribution in [-0.2, 0) is 14.3 Å². The first-order valence-electron chi connectivity index (χ1n) is 8.99. The van der Waals surface area contributed by atoms with Gasteiger partial charge in [0.05, 0.1) is 5.92 Å². The van der Waals surface area contributed by atoms with Gasteiger partial charge in [0.15, 0.2) is 0 Å². The molecule has 144 valence electrons. The molecule has 7 heteroatoms. The first-order valence-corrected chi connectivity index (χ1v) is 8.99. The molecule has 0 aromatic heterocycles. The summed E-state index contributed by atoms with van der Waals surface area (Å²) in [6.07, 6.45) is 2.29. The molecule has 0 saturated heterocycles. The van der Waals surface area contributed by atoms with Crippen LogP contribution in [0, 0.1) is 17.8 Å². The first kappa shape index (κ1) is 21.3. The smallest absolute Gasteiger partial charge is 0.408 e. The number of aliphatic carboxylic acids is 1. The minimum Gasteiger partial charge on any atom is -0.481 e. The van der Waals surface area contributed by atoms with Gasteiger partial charge in [-0.2, -0.15) is 0 Å². The summed E-state index contributed by atoms with van der Waals surface area (Å²) >= 11 is 0. The Morgan fingerprint density at radius 3 is 2.12 bits per heavy atom. The van der Waals surface area contributed by atoms with Crippen LogP contribution in [0.25, 0.3) is 0 Å². The van der Waals surface area contributed by atoms with Gasteiger partial charge in [-0.25, -0.2) is 4.79 Å². The Kier molecular flexibility index (Phi) is 7.70. The SMILES string of the molecule is CC(C)C(NC(=O)OC(C)(C)C)C(=O)NCC1CCC(C(=O)O)CC1. The number of carboxylic acid groups (broad SMARTS) is 1. The maximum Gasteiger partial charge on any atom is 0.408 e. The number of amides is 2. The van der Waals surface area contributed by atoms with E-state index in [-0.39, 0.29) is 23.7 Å². The van der Waals surface area contributed by atoms with E-state index in [2.05, 4.69) is 10.6 Å². The minimum atomic E-state index is -0.732. The Hall–Kier alpha value is -1.79. The van der Waals surface area contributed by atoms with Crippen molar-refractivity contribution in [2.75, 3.05) is 6.54 Å². The van der Waals surface area contributed by atoms with Crippen LogP contribution in [0.2, 0.25) is 0 Å². The second-order valence-corrected chi connectivity index (χ2v) is 8.17. The van der Waals surface area contributed by atoms with E-state index >= 15 is 0 Å². The van der Waals surface area contributed by atoms with Gasteiger partial charge < -0.3 is 20.5 Å². The molecule has 1 unspecified atom stereocenters. The lowest BCUT2D eigenvalue weighted by molar-refractivity contribution is -0.143. The van der Waals surface area contributed by atoms with E-state index in [9.17, 15) is 14.4 Å². The molecule has 1 saturated carbocycles. The molecule has 25 heavy (non-hydrogen) atoms. The average Bonchev–Trinajstić information content (AvgIpc) is 2.48. The fourth-order valence-electron chi connectivity index (χ4n) is 2.94. The number of hydrogen-bond acceptors (Lipinski definition) is 4. The van der Waals surface area contributed by atoms with Crippen molar-refractivity contribution in [3.63, 3.8) is 0 Å². The van der Waals surface area contributed by atoms with Crippen molar-refractivity contribution in [2.45, 2.75) is 71.9 Å². The van der Waals surface area contributed by atoms with E-state index in [1.165, 1.54) is 0 Å². The van der Waals surface area contributed by atoms with E-state index in [1.807, 2.05) is 13.8 Å². The highest BCUT2D eigenvalue weighted by molar-refractivity contribution is 5.85. The van der Waals surface area contributed by atoms with Crippen molar-refractivity contribution >= 4 is 18.0 Å². The summed E-state index contributed by atoms with van der Waals surface area (Å²) < 4.78 is 5.21. The van der Waals surface area contributed by atoms with Gasteiger partial charge in [-0.1, -0.05) is 13.8 Å². The second-order valence-electron chi connectivity index (χ2n) is 8.17. The van der Waals surface area contributed by atoms with Crippen LogP contribution in [0.5, 0.6) is 0 Å². The molecule has 0 aliphatic heterocycles. The average molecular weight is 356 g/mol. The van der Waals surface area contributed by atoms with Gasteiger partial charge in [0.1, 0.15) is 11.6 Å². The Bertz CT molecular complexity index is 476. The maximum atomic E-state index is 12.4. The van der Waals surface area contributed by atoms with Crippen molar-refractivity contribution in [1.82, 2.24) is 10.6 Å². The lowest BCUT2D eigenvalue weighted by atomic mass is 9.82. The molecular formula is C18H32N2O5. The van der Waals surface area contributed by atoms with Crippen LogP contribution in [0.1, 0.15) is 60.3 Å². The van der Waals surface area contributed by atoms with Crippen molar-refractivity contribution in [1.29, 1.82) is 0 Å². The van der Waals surface area contributed by atoms with E-state index in [4.69, 9.17) is 9.84 Å². The van der Waals surface area contributed by atoms with Crippen LogP contribution >= 0.6 is 0 Å². The molecule has 0 aromatic carbocycles. The van der Waals surface area contributed by atoms with Crippen molar-refractivity contribution < 1.29 is 24.2 Å². The maximum absolute atomic E-state index is 12.4. The standard InChI is InChI=1S/C18H32N2O5/c1-11(2)14(20-17(24)25-18(3,4)5)15(21)19-10-12-6-8-13(9-7-12)16(22)23/h11-14H,6-10H2,1-5H3,(H,19,21)(H,20,24)(H,22,23). The molecule has 2 amide bonds.